The number of hydrogen-bond donors (Lipinski definition) is 1. The summed E-state index contributed by atoms with van der Waals surface area (Å²) in [6, 6.07) is 12.8. The highest BCUT2D eigenvalue weighted by Crippen LogP contribution is 2.31. The van der Waals surface area contributed by atoms with Crippen LogP contribution in [0.3, 0.4) is 0 Å². The van der Waals surface area contributed by atoms with Crippen molar-refractivity contribution in [3.8, 4) is 11.5 Å². The van der Waals surface area contributed by atoms with Crippen LogP contribution in [0.5, 0.6) is 11.5 Å². The van der Waals surface area contributed by atoms with Crippen LogP contribution in [0.1, 0.15) is 18.1 Å². The lowest BCUT2D eigenvalue weighted by atomic mass is 10.2. The number of ether oxygens (including phenoxy) is 3. The summed E-state index contributed by atoms with van der Waals surface area (Å²) in [5, 5.41) is 2.71. The van der Waals surface area contributed by atoms with Gasteiger partial charge in [-0.15, -0.1) is 0 Å². The zero-order valence-corrected chi connectivity index (χ0v) is 15.2. The highest BCUT2D eigenvalue weighted by atomic mass is 16.6. The van der Waals surface area contributed by atoms with E-state index in [4.69, 9.17) is 14.2 Å². The number of rotatable bonds is 5. The van der Waals surface area contributed by atoms with Crippen molar-refractivity contribution in [2.75, 3.05) is 18.5 Å². The predicted octanol–water partition coefficient (Wildman–Crippen LogP) is 3.35. The van der Waals surface area contributed by atoms with Crippen LogP contribution in [0.2, 0.25) is 0 Å². The van der Waals surface area contributed by atoms with Crippen molar-refractivity contribution in [3.63, 3.8) is 0 Å². The van der Waals surface area contributed by atoms with E-state index in [0.717, 1.165) is 11.1 Å². The summed E-state index contributed by atoms with van der Waals surface area (Å²) < 4.78 is 16.1. The number of aryl methyl sites for hydroxylation is 1. The van der Waals surface area contributed by atoms with Crippen molar-refractivity contribution in [1.29, 1.82) is 0 Å². The van der Waals surface area contributed by atoms with Crippen LogP contribution in [-0.2, 0) is 14.3 Å². The average Bonchev–Trinajstić information content (AvgIpc) is 2.68. The van der Waals surface area contributed by atoms with Crippen molar-refractivity contribution < 1.29 is 23.8 Å². The molecule has 1 aliphatic heterocycles. The van der Waals surface area contributed by atoms with E-state index in [1.165, 1.54) is 13.0 Å². The van der Waals surface area contributed by atoms with Gasteiger partial charge in [-0.3, -0.25) is 4.79 Å². The zero-order valence-electron chi connectivity index (χ0n) is 15.2. The van der Waals surface area contributed by atoms with Crippen molar-refractivity contribution in [2.24, 2.45) is 0 Å². The molecule has 1 unspecified atom stereocenters. The molecule has 0 spiro atoms. The van der Waals surface area contributed by atoms with E-state index in [1.807, 2.05) is 25.1 Å². The molecule has 3 rings (SSSR count). The average molecular weight is 367 g/mol. The first-order chi connectivity index (χ1) is 13.0. The molecule has 2 aromatic rings. The number of amides is 1. The monoisotopic (exact) mass is 367 g/mol. The summed E-state index contributed by atoms with van der Waals surface area (Å²) in [4.78, 5) is 24.1. The maximum atomic E-state index is 12.1. The minimum atomic E-state index is -0.913. The number of esters is 1. The van der Waals surface area contributed by atoms with Gasteiger partial charge in [-0.05, 0) is 49.8 Å². The maximum absolute atomic E-state index is 12.1. The lowest BCUT2D eigenvalue weighted by Crippen LogP contribution is -2.29. The third-order valence-corrected chi connectivity index (χ3v) is 3.96. The van der Waals surface area contributed by atoms with Crippen molar-refractivity contribution in [1.82, 2.24) is 0 Å². The van der Waals surface area contributed by atoms with Crippen LogP contribution in [0.4, 0.5) is 5.69 Å². The largest absolute Gasteiger partial charge is 0.486 e. The molecule has 0 aromatic heterocycles. The molecule has 0 radical (unpaired) electrons. The van der Waals surface area contributed by atoms with Gasteiger partial charge in [0.2, 0.25) is 0 Å². The lowest BCUT2D eigenvalue weighted by Gasteiger charge is -2.18. The number of anilines is 1. The Kier molecular flexibility index (Phi) is 5.76. The fourth-order valence-corrected chi connectivity index (χ4v) is 2.48. The molecule has 140 valence electrons. The molecule has 6 nitrogen and oxygen atoms in total. The number of nitrogens with one attached hydrogen (secondary N) is 1. The van der Waals surface area contributed by atoms with E-state index in [1.54, 1.807) is 30.3 Å². The first-order valence-electron chi connectivity index (χ1n) is 8.67. The quantitative estimate of drug-likeness (QED) is 0.648. The molecule has 1 N–H and O–H groups in total. The molecular weight excluding hydrogens is 346 g/mol. The second-order valence-corrected chi connectivity index (χ2v) is 6.17. The molecule has 1 aliphatic rings. The molecule has 0 fully saturated rings. The van der Waals surface area contributed by atoms with E-state index < -0.39 is 12.1 Å². The minimum Gasteiger partial charge on any atom is -0.486 e. The van der Waals surface area contributed by atoms with Crippen molar-refractivity contribution in [3.05, 3.63) is 59.7 Å². The molecular formula is C21H21NO5. The van der Waals surface area contributed by atoms with Gasteiger partial charge in [0, 0.05) is 11.8 Å². The third-order valence-electron chi connectivity index (χ3n) is 3.96. The van der Waals surface area contributed by atoms with Crippen molar-refractivity contribution >= 4 is 23.6 Å². The van der Waals surface area contributed by atoms with Gasteiger partial charge in [0.25, 0.3) is 5.91 Å². The normalized spacial score (nSPS) is 13.9. The topological polar surface area (TPSA) is 73.9 Å². The van der Waals surface area contributed by atoms with Crippen LogP contribution < -0.4 is 14.8 Å². The second kappa shape index (κ2) is 8.40. The van der Waals surface area contributed by atoms with Gasteiger partial charge in [0.1, 0.15) is 13.2 Å². The van der Waals surface area contributed by atoms with Crippen LogP contribution in [0.25, 0.3) is 6.08 Å². The Labute approximate surface area is 157 Å². The summed E-state index contributed by atoms with van der Waals surface area (Å²) in [7, 11) is 0. The summed E-state index contributed by atoms with van der Waals surface area (Å²) in [5.41, 5.74) is 2.52. The Morgan fingerprint density at radius 2 is 1.78 bits per heavy atom. The van der Waals surface area contributed by atoms with Crippen LogP contribution >= 0.6 is 0 Å². The molecule has 0 bridgehead atoms. The van der Waals surface area contributed by atoms with Gasteiger partial charge in [-0.25, -0.2) is 4.79 Å². The third kappa shape index (κ3) is 5.10. The van der Waals surface area contributed by atoms with Crippen LogP contribution in [0, 0.1) is 6.92 Å². The highest BCUT2D eigenvalue weighted by molar-refractivity contribution is 5.96. The maximum Gasteiger partial charge on any atom is 0.331 e. The number of fused-ring (bicyclic) bond motifs is 1. The van der Waals surface area contributed by atoms with Gasteiger partial charge >= 0.3 is 5.97 Å². The number of carbonyl (C=O) groups is 2. The smallest absolute Gasteiger partial charge is 0.331 e. The fourth-order valence-electron chi connectivity index (χ4n) is 2.48. The first-order valence-corrected chi connectivity index (χ1v) is 8.67. The van der Waals surface area contributed by atoms with E-state index in [9.17, 15) is 9.59 Å². The van der Waals surface area contributed by atoms with Gasteiger partial charge in [-0.2, -0.15) is 0 Å². The van der Waals surface area contributed by atoms with E-state index in [0.29, 0.717) is 30.4 Å². The Balaban J connectivity index is 1.54. The Morgan fingerprint density at radius 1 is 1.07 bits per heavy atom. The molecule has 1 atom stereocenters. The molecule has 0 saturated carbocycles. The van der Waals surface area contributed by atoms with Crippen LogP contribution in [0.15, 0.2) is 48.5 Å². The van der Waals surface area contributed by atoms with E-state index in [2.05, 4.69) is 5.32 Å². The summed E-state index contributed by atoms with van der Waals surface area (Å²) in [5.74, 6) is 0.335. The van der Waals surface area contributed by atoms with Gasteiger partial charge < -0.3 is 19.5 Å². The summed E-state index contributed by atoms with van der Waals surface area (Å²) in [6.45, 7) is 4.51. The lowest BCUT2D eigenvalue weighted by molar-refractivity contribution is -0.148. The Hall–Kier alpha value is -3.28. The SMILES string of the molecule is Cc1ccc(NC(=O)C(C)OC(=O)/C=C/c2ccc3c(c2)OCCO3)cc1. The van der Waals surface area contributed by atoms with Crippen molar-refractivity contribution in [2.45, 2.75) is 20.0 Å². The standard InChI is InChI=1S/C21H21NO5/c1-14-3-7-17(8-4-14)22-21(24)15(2)27-20(23)10-6-16-5-9-18-19(13-16)26-12-11-25-18/h3-10,13,15H,11-12H2,1-2H3,(H,22,24)/b10-6+. The predicted molar refractivity (Wildman–Crippen MR) is 102 cm³/mol. The molecule has 27 heavy (non-hydrogen) atoms. The molecule has 0 aliphatic carbocycles. The van der Waals surface area contributed by atoms with Gasteiger partial charge in [0.05, 0.1) is 0 Å². The summed E-state index contributed by atoms with van der Waals surface area (Å²) >= 11 is 0. The Bertz CT molecular complexity index is 857. The number of hydrogen-bond acceptors (Lipinski definition) is 5. The molecule has 1 amide bonds. The number of carbonyl (C=O) groups excluding carboxylic acids is 2. The molecule has 1 heterocycles. The minimum absolute atomic E-state index is 0.389. The van der Waals surface area contributed by atoms with E-state index >= 15 is 0 Å². The number of benzene rings is 2. The Morgan fingerprint density at radius 3 is 2.52 bits per heavy atom. The second-order valence-electron chi connectivity index (χ2n) is 6.17. The highest BCUT2D eigenvalue weighted by Gasteiger charge is 2.17. The molecule has 2 aromatic carbocycles. The molecule has 6 heteroatoms. The van der Waals surface area contributed by atoms with Crippen LogP contribution in [-0.4, -0.2) is 31.2 Å². The van der Waals surface area contributed by atoms with Gasteiger partial charge in [-0.1, -0.05) is 23.8 Å². The van der Waals surface area contributed by atoms with E-state index in [-0.39, 0.29) is 5.91 Å². The molecule has 0 saturated heterocycles. The van der Waals surface area contributed by atoms with Gasteiger partial charge in [0.15, 0.2) is 17.6 Å². The first kappa shape index (κ1) is 18.5. The zero-order chi connectivity index (χ0) is 19.2. The summed E-state index contributed by atoms with van der Waals surface area (Å²) in [6.07, 6.45) is 1.97. The fraction of sp³-hybridized carbons (Fsp3) is 0.238.